The van der Waals surface area contributed by atoms with Crippen molar-refractivity contribution in [1.82, 2.24) is 10.2 Å². The fourth-order valence-corrected chi connectivity index (χ4v) is 1.75. The summed E-state index contributed by atoms with van der Waals surface area (Å²) in [5.74, 6) is 0. The molecule has 0 bridgehead atoms. The van der Waals surface area contributed by atoms with Gasteiger partial charge < -0.3 is 5.73 Å². The molecule has 0 atom stereocenters. The molecule has 0 spiro atoms. The van der Waals surface area contributed by atoms with Gasteiger partial charge in [-0.1, -0.05) is 37.3 Å². The van der Waals surface area contributed by atoms with E-state index in [9.17, 15) is 0 Å². The molecule has 0 radical (unpaired) electrons. The van der Waals surface area contributed by atoms with E-state index < -0.39 is 0 Å². The van der Waals surface area contributed by atoms with Gasteiger partial charge in [-0.3, -0.25) is 5.10 Å². The van der Waals surface area contributed by atoms with Crippen LogP contribution < -0.4 is 5.73 Å². The third-order valence-electron chi connectivity index (χ3n) is 2.56. The number of H-pyrrole nitrogens is 1. The molecule has 2 aromatic rings. The van der Waals surface area contributed by atoms with Crippen molar-refractivity contribution < 1.29 is 0 Å². The summed E-state index contributed by atoms with van der Waals surface area (Å²) >= 11 is 0. The summed E-state index contributed by atoms with van der Waals surface area (Å²) in [7, 11) is 0. The van der Waals surface area contributed by atoms with Crippen LogP contribution in [0.1, 0.15) is 18.2 Å². The first kappa shape index (κ1) is 9.93. The lowest BCUT2D eigenvalue weighted by Crippen LogP contribution is -2.00. The first-order valence-electron chi connectivity index (χ1n) is 5.18. The SMILES string of the molecule is CCc1[nH]nc(-c2ccccc2)c1CN. The van der Waals surface area contributed by atoms with Gasteiger partial charge in [0, 0.05) is 23.4 Å². The molecule has 0 amide bonds. The second-order valence-corrected chi connectivity index (χ2v) is 3.45. The van der Waals surface area contributed by atoms with E-state index in [0.717, 1.165) is 28.9 Å². The maximum absolute atomic E-state index is 5.75. The fraction of sp³-hybridized carbons (Fsp3) is 0.250. The highest BCUT2D eigenvalue weighted by molar-refractivity contribution is 5.63. The fourth-order valence-electron chi connectivity index (χ4n) is 1.75. The van der Waals surface area contributed by atoms with Crippen LogP contribution in [0.4, 0.5) is 0 Å². The van der Waals surface area contributed by atoms with Crippen molar-refractivity contribution in [2.45, 2.75) is 19.9 Å². The minimum Gasteiger partial charge on any atom is -0.326 e. The van der Waals surface area contributed by atoms with Crippen LogP contribution in [-0.2, 0) is 13.0 Å². The number of nitrogens with two attached hydrogens (primary N) is 1. The summed E-state index contributed by atoms with van der Waals surface area (Å²) in [5.41, 5.74) is 10.1. The smallest absolute Gasteiger partial charge is 0.0968 e. The summed E-state index contributed by atoms with van der Waals surface area (Å²) in [5, 5.41) is 7.37. The highest BCUT2D eigenvalue weighted by atomic mass is 15.1. The predicted molar refractivity (Wildman–Crippen MR) is 61.3 cm³/mol. The number of aromatic amines is 1. The molecule has 0 saturated heterocycles. The molecule has 0 fully saturated rings. The van der Waals surface area contributed by atoms with Crippen molar-refractivity contribution in [3.05, 3.63) is 41.6 Å². The van der Waals surface area contributed by atoms with Gasteiger partial charge in [-0.05, 0) is 6.42 Å². The molecule has 3 heteroatoms. The zero-order valence-corrected chi connectivity index (χ0v) is 8.83. The lowest BCUT2D eigenvalue weighted by molar-refractivity contribution is 0.948. The number of aromatic nitrogens is 2. The van der Waals surface area contributed by atoms with Crippen LogP contribution in [0.2, 0.25) is 0 Å². The van der Waals surface area contributed by atoms with E-state index in [1.807, 2.05) is 18.2 Å². The highest BCUT2D eigenvalue weighted by Gasteiger charge is 2.11. The molecular weight excluding hydrogens is 186 g/mol. The Morgan fingerprint density at radius 3 is 2.60 bits per heavy atom. The van der Waals surface area contributed by atoms with E-state index in [0.29, 0.717) is 6.54 Å². The van der Waals surface area contributed by atoms with E-state index >= 15 is 0 Å². The Bertz CT molecular complexity index is 431. The molecule has 1 aromatic carbocycles. The van der Waals surface area contributed by atoms with Crippen LogP contribution in [0.25, 0.3) is 11.3 Å². The molecule has 0 unspecified atom stereocenters. The van der Waals surface area contributed by atoms with E-state index in [4.69, 9.17) is 5.73 Å². The van der Waals surface area contributed by atoms with E-state index in [1.54, 1.807) is 0 Å². The Balaban J connectivity index is 2.49. The van der Waals surface area contributed by atoms with Gasteiger partial charge in [0.25, 0.3) is 0 Å². The maximum Gasteiger partial charge on any atom is 0.0968 e. The zero-order valence-electron chi connectivity index (χ0n) is 8.83. The van der Waals surface area contributed by atoms with Gasteiger partial charge in [0.05, 0.1) is 5.69 Å². The number of hydrogen-bond donors (Lipinski definition) is 2. The molecule has 0 aliphatic rings. The highest BCUT2D eigenvalue weighted by Crippen LogP contribution is 2.23. The molecule has 0 aliphatic carbocycles. The second-order valence-electron chi connectivity index (χ2n) is 3.45. The van der Waals surface area contributed by atoms with Crippen LogP contribution in [0.15, 0.2) is 30.3 Å². The lowest BCUT2D eigenvalue weighted by Gasteiger charge is -2.01. The quantitative estimate of drug-likeness (QED) is 0.799. The molecule has 0 saturated carbocycles. The molecular formula is C12H15N3. The van der Waals surface area contributed by atoms with E-state index in [-0.39, 0.29) is 0 Å². The van der Waals surface area contributed by atoms with Crippen LogP contribution in [-0.4, -0.2) is 10.2 Å². The Morgan fingerprint density at radius 1 is 1.27 bits per heavy atom. The van der Waals surface area contributed by atoms with Crippen LogP contribution >= 0.6 is 0 Å². The van der Waals surface area contributed by atoms with Crippen molar-refractivity contribution in [3.8, 4) is 11.3 Å². The molecule has 1 aromatic heterocycles. The second kappa shape index (κ2) is 4.28. The van der Waals surface area contributed by atoms with Crippen molar-refractivity contribution >= 4 is 0 Å². The van der Waals surface area contributed by atoms with Crippen LogP contribution in [0, 0.1) is 0 Å². The van der Waals surface area contributed by atoms with Crippen molar-refractivity contribution in [2.75, 3.05) is 0 Å². The molecule has 3 N–H and O–H groups in total. The van der Waals surface area contributed by atoms with Gasteiger partial charge in [-0.25, -0.2) is 0 Å². The Labute approximate surface area is 89.3 Å². The summed E-state index contributed by atoms with van der Waals surface area (Å²) in [4.78, 5) is 0. The Kier molecular flexibility index (Phi) is 2.83. The molecule has 0 aliphatic heterocycles. The third-order valence-corrected chi connectivity index (χ3v) is 2.56. The Morgan fingerprint density at radius 2 is 2.00 bits per heavy atom. The number of benzene rings is 1. The average Bonchev–Trinajstić information content (AvgIpc) is 2.72. The number of aryl methyl sites for hydroxylation is 1. The normalized spacial score (nSPS) is 10.5. The van der Waals surface area contributed by atoms with Gasteiger partial charge in [0.15, 0.2) is 0 Å². The summed E-state index contributed by atoms with van der Waals surface area (Å²) in [6.45, 7) is 2.63. The minimum atomic E-state index is 0.532. The number of nitrogens with one attached hydrogen (secondary N) is 1. The largest absolute Gasteiger partial charge is 0.326 e. The third kappa shape index (κ3) is 1.78. The Hall–Kier alpha value is -1.61. The topological polar surface area (TPSA) is 54.7 Å². The van der Waals surface area contributed by atoms with E-state index in [1.165, 1.54) is 0 Å². The van der Waals surface area contributed by atoms with Gasteiger partial charge >= 0.3 is 0 Å². The molecule has 2 rings (SSSR count). The van der Waals surface area contributed by atoms with Crippen LogP contribution in [0.3, 0.4) is 0 Å². The van der Waals surface area contributed by atoms with Gasteiger partial charge in [-0.15, -0.1) is 0 Å². The molecule has 78 valence electrons. The molecule has 15 heavy (non-hydrogen) atoms. The van der Waals surface area contributed by atoms with Crippen molar-refractivity contribution in [2.24, 2.45) is 5.73 Å². The number of hydrogen-bond acceptors (Lipinski definition) is 2. The summed E-state index contributed by atoms with van der Waals surface area (Å²) in [6, 6.07) is 10.1. The summed E-state index contributed by atoms with van der Waals surface area (Å²) in [6.07, 6.45) is 0.937. The van der Waals surface area contributed by atoms with Gasteiger partial charge in [0.2, 0.25) is 0 Å². The number of nitrogens with zero attached hydrogens (tertiary/aromatic N) is 1. The van der Waals surface area contributed by atoms with E-state index in [2.05, 4.69) is 29.3 Å². The predicted octanol–water partition coefficient (Wildman–Crippen LogP) is 2.10. The first-order valence-corrected chi connectivity index (χ1v) is 5.18. The minimum absolute atomic E-state index is 0.532. The zero-order chi connectivity index (χ0) is 10.7. The summed E-state index contributed by atoms with van der Waals surface area (Å²) < 4.78 is 0. The maximum atomic E-state index is 5.75. The van der Waals surface area contributed by atoms with Gasteiger partial charge in [-0.2, -0.15) is 5.10 Å². The number of rotatable bonds is 3. The van der Waals surface area contributed by atoms with Crippen molar-refractivity contribution in [1.29, 1.82) is 0 Å². The molecule has 1 heterocycles. The molecule has 3 nitrogen and oxygen atoms in total. The van der Waals surface area contributed by atoms with Crippen molar-refractivity contribution in [3.63, 3.8) is 0 Å². The standard InChI is InChI=1S/C12H15N3/c1-2-11-10(8-13)12(15-14-11)9-6-4-3-5-7-9/h3-7H,2,8,13H2,1H3,(H,14,15). The van der Waals surface area contributed by atoms with Gasteiger partial charge in [0.1, 0.15) is 0 Å². The van der Waals surface area contributed by atoms with Crippen LogP contribution in [0.5, 0.6) is 0 Å². The monoisotopic (exact) mass is 201 g/mol. The first-order chi connectivity index (χ1) is 7.36. The average molecular weight is 201 g/mol. The lowest BCUT2D eigenvalue weighted by atomic mass is 10.1.